The molecule has 1 heterocycles. The van der Waals surface area contributed by atoms with Crippen molar-refractivity contribution in [3.63, 3.8) is 0 Å². The van der Waals surface area contributed by atoms with E-state index in [1.807, 2.05) is 13.8 Å². The van der Waals surface area contributed by atoms with E-state index in [4.69, 9.17) is 10.00 Å². The number of rotatable bonds is 7. The van der Waals surface area contributed by atoms with E-state index in [1.165, 1.54) is 6.07 Å². The SMILES string of the molecule is CC(C)COc1cc(-c2ccc(NC#N)nn2)ccc1OC(F)F. The van der Waals surface area contributed by atoms with Gasteiger partial charge in [-0.2, -0.15) is 14.0 Å². The van der Waals surface area contributed by atoms with E-state index in [0.717, 1.165) is 0 Å². The zero-order valence-electron chi connectivity index (χ0n) is 13.2. The largest absolute Gasteiger partial charge is 0.489 e. The highest BCUT2D eigenvalue weighted by Gasteiger charge is 2.14. The molecule has 0 bridgehead atoms. The number of halogens is 2. The van der Waals surface area contributed by atoms with E-state index < -0.39 is 6.61 Å². The highest BCUT2D eigenvalue weighted by atomic mass is 19.3. The Morgan fingerprint density at radius 2 is 1.96 bits per heavy atom. The number of aromatic nitrogens is 2. The maximum atomic E-state index is 12.5. The number of hydrogen-bond acceptors (Lipinski definition) is 6. The third-order valence-corrected chi connectivity index (χ3v) is 2.88. The van der Waals surface area contributed by atoms with Gasteiger partial charge in [0, 0.05) is 5.56 Å². The molecule has 24 heavy (non-hydrogen) atoms. The molecule has 0 atom stereocenters. The summed E-state index contributed by atoms with van der Waals surface area (Å²) < 4.78 is 35.1. The van der Waals surface area contributed by atoms with Crippen LogP contribution in [0.1, 0.15) is 13.8 Å². The molecule has 0 saturated heterocycles. The highest BCUT2D eigenvalue weighted by molar-refractivity contribution is 5.64. The molecule has 2 aromatic rings. The fourth-order valence-corrected chi connectivity index (χ4v) is 1.84. The van der Waals surface area contributed by atoms with Crippen LogP contribution in [0.2, 0.25) is 0 Å². The molecule has 0 saturated carbocycles. The summed E-state index contributed by atoms with van der Waals surface area (Å²) in [4.78, 5) is 0. The van der Waals surface area contributed by atoms with Crippen molar-refractivity contribution in [1.29, 1.82) is 5.26 Å². The first kappa shape index (κ1) is 17.4. The summed E-state index contributed by atoms with van der Waals surface area (Å²) in [5, 5.41) is 18.7. The van der Waals surface area contributed by atoms with Gasteiger partial charge in [0.2, 0.25) is 0 Å². The second-order valence-corrected chi connectivity index (χ2v) is 5.29. The molecule has 2 rings (SSSR count). The zero-order chi connectivity index (χ0) is 17.5. The van der Waals surface area contributed by atoms with Crippen molar-refractivity contribution in [2.45, 2.75) is 20.5 Å². The standard InChI is InChI=1S/C16H16F2N4O2/c1-10(2)8-23-14-7-11(3-5-13(14)24-16(17)18)12-4-6-15(20-9-19)22-21-12/h3-7,10,16H,8H2,1-2H3,(H,20,22). The maximum absolute atomic E-state index is 12.5. The first-order valence-corrected chi connectivity index (χ1v) is 7.20. The van der Waals surface area contributed by atoms with E-state index in [-0.39, 0.29) is 17.4 Å². The quantitative estimate of drug-likeness (QED) is 0.615. The van der Waals surface area contributed by atoms with Crippen LogP contribution in [0.4, 0.5) is 14.6 Å². The number of ether oxygens (including phenoxy) is 2. The predicted molar refractivity (Wildman–Crippen MR) is 83.7 cm³/mol. The first-order chi connectivity index (χ1) is 11.5. The predicted octanol–water partition coefficient (Wildman–Crippen LogP) is 3.67. The molecular formula is C16H16F2N4O2. The van der Waals surface area contributed by atoms with Gasteiger partial charge in [-0.3, -0.25) is 5.32 Å². The van der Waals surface area contributed by atoms with Crippen LogP contribution < -0.4 is 14.8 Å². The van der Waals surface area contributed by atoms with Crippen molar-refractivity contribution in [2.24, 2.45) is 5.92 Å². The second kappa shape index (κ2) is 8.06. The summed E-state index contributed by atoms with van der Waals surface area (Å²) in [7, 11) is 0. The molecule has 8 heteroatoms. The van der Waals surface area contributed by atoms with Crippen LogP contribution in [-0.2, 0) is 0 Å². The van der Waals surface area contributed by atoms with Gasteiger partial charge >= 0.3 is 6.61 Å². The highest BCUT2D eigenvalue weighted by Crippen LogP contribution is 2.33. The van der Waals surface area contributed by atoms with Gasteiger partial charge in [0.05, 0.1) is 12.3 Å². The van der Waals surface area contributed by atoms with E-state index in [2.05, 4.69) is 20.3 Å². The lowest BCUT2D eigenvalue weighted by molar-refractivity contribution is -0.0515. The van der Waals surface area contributed by atoms with E-state index in [9.17, 15) is 8.78 Å². The molecule has 1 aromatic carbocycles. The van der Waals surface area contributed by atoms with Crippen molar-refractivity contribution in [1.82, 2.24) is 10.2 Å². The summed E-state index contributed by atoms with van der Waals surface area (Å²) >= 11 is 0. The smallest absolute Gasteiger partial charge is 0.387 e. The summed E-state index contributed by atoms with van der Waals surface area (Å²) in [5.41, 5.74) is 1.14. The lowest BCUT2D eigenvalue weighted by Gasteiger charge is -2.14. The van der Waals surface area contributed by atoms with Crippen molar-refractivity contribution >= 4 is 5.82 Å². The third kappa shape index (κ3) is 4.78. The van der Waals surface area contributed by atoms with Crippen molar-refractivity contribution in [3.8, 4) is 28.9 Å². The number of alkyl halides is 2. The van der Waals surface area contributed by atoms with Gasteiger partial charge in [0.15, 0.2) is 23.5 Å². The average Bonchev–Trinajstić information content (AvgIpc) is 2.54. The van der Waals surface area contributed by atoms with Crippen LogP contribution >= 0.6 is 0 Å². The Morgan fingerprint density at radius 1 is 1.17 bits per heavy atom. The Kier molecular flexibility index (Phi) is 5.84. The number of benzene rings is 1. The summed E-state index contributed by atoms with van der Waals surface area (Å²) in [6, 6.07) is 7.80. The van der Waals surface area contributed by atoms with Gasteiger partial charge in [-0.05, 0) is 36.2 Å². The van der Waals surface area contributed by atoms with Crippen LogP contribution in [0.25, 0.3) is 11.3 Å². The topological polar surface area (TPSA) is 80.1 Å². The summed E-state index contributed by atoms with van der Waals surface area (Å²) in [6.07, 6.45) is 1.75. The molecular weight excluding hydrogens is 318 g/mol. The van der Waals surface area contributed by atoms with Gasteiger partial charge < -0.3 is 9.47 Å². The van der Waals surface area contributed by atoms with Gasteiger partial charge in [-0.1, -0.05) is 13.8 Å². The monoisotopic (exact) mass is 334 g/mol. The van der Waals surface area contributed by atoms with E-state index in [0.29, 0.717) is 23.7 Å². The minimum Gasteiger partial charge on any atom is -0.489 e. The van der Waals surface area contributed by atoms with Crippen LogP contribution in [0.15, 0.2) is 30.3 Å². The minimum absolute atomic E-state index is 0.0369. The molecule has 126 valence electrons. The van der Waals surface area contributed by atoms with Gasteiger partial charge in [0.1, 0.15) is 0 Å². The summed E-state index contributed by atoms with van der Waals surface area (Å²) in [5.74, 6) is 0.715. The summed E-state index contributed by atoms with van der Waals surface area (Å²) in [6.45, 7) is 1.32. The van der Waals surface area contributed by atoms with Crippen LogP contribution in [0, 0.1) is 17.4 Å². The number of nitrogens with zero attached hydrogens (tertiary/aromatic N) is 3. The minimum atomic E-state index is -2.94. The fraction of sp³-hybridized carbons (Fsp3) is 0.312. The molecule has 0 aliphatic heterocycles. The van der Waals surface area contributed by atoms with Gasteiger partial charge in [0.25, 0.3) is 0 Å². The molecule has 6 nitrogen and oxygen atoms in total. The van der Waals surface area contributed by atoms with Crippen molar-refractivity contribution in [2.75, 3.05) is 11.9 Å². The number of nitrogens with one attached hydrogen (secondary N) is 1. The van der Waals surface area contributed by atoms with E-state index in [1.54, 1.807) is 30.5 Å². The molecule has 0 radical (unpaired) electrons. The molecule has 0 aliphatic carbocycles. The van der Waals surface area contributed by atoms with Crippen molar-refractivity contribution < 1.29 is 18.3 Å². The fourth-order valence-electron chi connectivity index (χ4n) is 1.84. The third-order valence-electron chi connectivity index (χ3n) is 2.88. The van der Waals surface area contributed by atoms with Gasteiger partial charge in [-0.25, -0.2) is 0 Å². The Balaban J connectivity index is 2.29. The Bertz CT molecular complexity index is 715. The number of anilines is 1. The number of hydrogen-bond donors (Lipinski definition) is 1. The van der Waals surface area contributed by atoms with E-state index >= 15 is 0 Å². The van der Waals surface area contributed by atoms with Crippen LogP contribution in [0.5, 0.6) is 11.5 Å². The lowest BCUT2D eigenvalue weighted by Crippen LogP contribution is -2.08. The Hall–Kier alpha value is -2.95. The molecule has 0 aliphatic rings. The van der Waals surface area contributed by atoms with Crippen LogP contribution in [-0.4, -0.2) is 23.4 Å². The Labute approximate surface area is 138 Å². The maximum Gasteiger partial charge on any atom is 0.387 e. The van der Waals surface area contributed by atoms with Gasteiger partial charge in [-0.15, -0.1) is 10.2 Å². The van der Waals surface area contributed by atoms with Crippen molar-refractivity contribution in [3.05, 3.63) is 30.3 Å². The molecule has 0 fully saturated rings. The molecule has 0 spiro atoms. The normalized spacial score (nSPS) is 10.5. The first-order valence-electron chi connectivity index (χ1n) is 7.20. The molecule has 0 amide bonds. The van der Waals surface area contributed by atoms with Crippen LogP contribution in [0.3, 0.4) is 0 Å². The number of nitriles is 1. The zero-order valence-corrected chi connectivity index (χ0v) is 13.2. The molecule has 1 aromatic heterocycles. The Morgan fingerprint density at radius 3 is 2.54 bits per heavy atom. The lowest BCUT2D eigenvalue weighted by atomic mass is 10.1. The average molecular weight is 334 g/mol. The second-order valence-electron chi connectivity index (χ2n) is 5.29. The molecule has 1 N–H and O–H groups in total. The molecule has 0 unspecified atom stereocenters.